The molecule has 6 nitrogen and oxygen atoms in total. The van der Waals surface area contributed by atoms with E-state index in [4.69, 9.17) is 0 Å². The molecule has 2 amide bonds. The average molecular weight is 388 g/mol. The highest BCUT2D eigenvalue weighted by Crippen LogP contribution is 2.09. The minimum Gasteiger partial charge on any atom is -0.348 e. The van der Waals surface area contributed by atoms with Gasteiger partial charge < -0.3 is 10.6 Å². The number of hydrogen-bond donors (Lipinski definition) is 2. The predicted octanol–water partition coefficient (Wildman–Crippen LogP) is 2.68. The van der Waals surface area contributed by atoms with Crippen molar-refractivity contribution < 1.29 is 18.4 Å². The maximum absolute atomic E-state index is 13.2. The summed E-state index contributed by atoms with van der Waals surface area (Å²) in [6.07, 6.45) is 3.13. The smallest absolute Gasteiger partial charge is 0.270 e. The molecule has 2 N–H and O–H groups in total. The molecule has 0 saturated heterocycles. The van der Waals surface area contributed by atoms with Crippen LogP contribution >= 0.6 is 11.3 Å². The molecule has 0 radical (unpaired) electrons. The van der Waals surface area contributed by atoms with Gasteiger partial charge in [0.25, 0.3) is 11.8 Å². The van der Waals surface area contributed by atoms with E-state index in [1.165, 1.54) is 23.6 Å². The van der Waals surface area contributed by atoms with Crippen LogP contribution in [0.25, 0.3) is 0 Å². The van der Waals surface area contributed by atoms with E-state index in [0.29, 0.717) is 18.2 Å². The van der Waals surface area contributed by atoms with Crippen LogP contribution < -0.4 is 10.6 Å². The number of nitrogens with zero attached hydrogens (tertiary/aromatic N) is 2. The molecule has 0 bridgehead atoms. The van der Waals surface area contributed by atoms with Gasteiger partial charge in [-0.15, -0.1) is 11.3 Å². The van der Waals surface area contributed by atoms with Gasteiger partial charge in [0.2, 0.25) is 0 Å². The number of carbonyl (C=O) groups excluding carboxylic acids is 2. The summed E-state index contributed by atoms with van der Waals surface area (Å²) in [5.41, 5.74) is 2.45. The molecule has 2 heterocycles. The number of amides is 2. The fourth-order valence-electron chi connectivity index (χ4n) is 2.22. The van der Waals surface area contributed by atoms with Crippen molar-refractivity contribution >= 4 is 23.2 Å². The number of halogens is 2. The first-order chi connectivity index (χ1) is 13.0. The Balaban J connectivity index is 1.54. The van der Waals surface area contributed by atoms with Crippen molar-refractivity contribution in [1.29, 1.82) is 0 Å². The lowest BCUT2D eigenvalue weighted by Crippen LogP contribution is -2.24. The number of nitrogens with one attached hydrogen (secondary N) is 2. The summed E-state index contributed by atoms with van der Waals surface area (Å²) in [6, 6.07) is 5.77. The SMILES string of the molecule is O=C(NCc1ccc(C(=O)NCc2cncs2)nc1)c1cc(F)cc(F)c1. The zero-order chi connectivity index (χ0) is 19.2. The van der Waals surface area contributed by atoms with Crippen LogP contribution in [0.2, 0.25) is 0 Å². The van der Waals surface area contributed by atoms with Gasteiger partial charge in [-0.25, -0.2) is 8.78 Å². The van der Waals surface area contributed by atoms with E-state index in [1.807, 2.05) is 0 Å². The van der Waals surface area contributed by atoms with E-state index < -0.39 is 17.5 Å². The Morgan fingerprint density at radius 3 is 2.33 bits per heavy atom. The number of rotatable bonds is 6. The van der Waals surface area contributed by atoms with Crippen molar-refractivity contribution in [3.63, 3.8) is 0 Å². The minimum absolute atomic E-state index is 0.104. The van der Waals surface area contributed by atoms with Crippen LogP contribution in [0.15, 0.2) is 48.2 Å². The lowest BCUT2D eigenvalue weighted by molar-refractivity contribution is 0.0938. The topological polar surface area (TPSA) is 84.0 Å². The summed E-state index contributed by atoms with van der Waals surface area (Å²) < 4.78 is 26.3. The number of aromatic nitrogens is 2. The van der Waals surface area contributed by atoms with Crippen LogP contribution in [0.4, 0.5) is 8.78 Å². The normalized spacial score (nSPS) is 10.4. The zero-order valence-corrected chi connectivity index (χ0v) is 14.7. The van der Waals surface area contributed by atoms with Crippen LogP contribution in [0.1, 0.15) is 31.3 Å². The Hall–Kier alpha value is -3.20. The van der Waals surface area contributed by atoms with Crippen molar-refractivity contribution in [2.75, 3.05) is 0 Å². The van der Waals surface area contributed by atoms with E-state index in [9.17, 15) is 18.4 Å². The molecule has 0 aliphatic rings. The first kappa shape index (κ1) is 18.6. The van der Waals surface area contributed by atoms with Crippen LogP contribution in [-0.4, -0.2) is 21.8 Å². The molecule has 1 aromatic carbocycles. The number of carbonyl (C=O) groups is 2. The molecule has 2 aromatic heterocycles. The second-order valence-corrected chi connectivity index (χ2v) is 6.51. The van der Waals surface area contributed by atoms with Gasteiger partial charge in [0.15, 0.2) is 0 Å². The van der Waals surface area contributed by atoms with Gasteiger partial charge in [-0.2, -0.15) is 0 Å². The van der Waals surface area contributed by atoms with Gasteiger partial charge in [0.1, 0.15) is 17.3 Å². The molecular formula is C18H14F2N4O2S. The third-order valence-corrected chi connectivity index (χ3v) is 4.32. The maximum Gasteiger partial charge on any atom is 0.270 e. The monoisotopic (exact) mass is 388 g/mol. The Bertz CT molecular complexity index is 926. The van der Waals surface area contributed by atoms with E-state index >= 15 is 0 Å². The fourth-order valence-corrected chi connectivity index (χ4v) is 2.75. The molecule has 9 heteroatoms. The van der Waals surface area contributed by atoms with Gasteiger partial charge in [-0.3, -0.25) is 19.6 Å². The van der Waals surface area contributed by atoms with Crippen LogP contribution in [-0.2, 0) is 13.1 Å². The molecule has 3 rings (SSSR count). The summed E-state index contributed by atoms with van der Waals surface area (Å²) in [5, 5.41) is 5.28. The van der Waals surface area contributed by atoms with Crippen molar-refractivity contribution in [2.24, 2.45) is 0 Å². The second-order valence-electron chi connectivity index (χ2n) is 5.54. The zero-order valence-electron chi connectivity index (χ0n) is 13.9. The lowest BCUT2D eigenvalue weighted by Gasteiger charge is -2.07. The van der Waals surface area contributed by atoms with E-state index in [0.717, 1.165) is 17.0 Å². The van der Waals surface area contributed by atoms with Gasteiger partial charge in [0.05, 0.1) is 12.1 Å². The summed E-state index contributed by atoms with van der Waals surface area (Å²) in [6.45, 7) is 0.472. The molecule has 138 valence electrons. The molecule has 0 aliphatic carbocycles. The van der Waals surface area contributed by atoms with E-state index in [-0.39, 0.29) is 23.7 Å². The highest BCUT2D eigenvalue weighted by atomic mass is 32.1. The lowest BCUT2D eigenvalue weighted by atomic mass is 10.2. The van der Waals surface area contributed by atoms with Crippen molar-refractivity contribution in [2.45, 2.75) is 13.1 Å². The van der Waals surface area contributed by atoms with Crippen molar-refractivity contribution in [3.8, 4) is 0 Å². The third kappa shape index (κ3) is 5.14. The van der Waals surface area contributed by atoms with Crippen LogP contribution in [0, 0.1) is 11.6 Å². The molecule has 27 heavy (non-hydrogen) atoms. The van der Waals surface area contributed by atoms with Crippen molar-refractivity contribution in [3.05, 3.63) is 81.6 Å². The molecule has 0 atom stereocenters. The third-order valence-electron chi connectivity index (χ3n) is 3.54. The summed E-state index contributed by atoms with van der Waals surface area (Å²) in [4.78, 5) is 32.9. The highest BCUT2D eigenvalue weighted by molar-refractivity contribution is 7.09. The Kier molecular flexibility index (Phi) is 5.82. The number of thiazole rings is 1. The minimum atomic E-state index is -0.824. The summed E-state index contributed by atoms with van der Waals surface area (Å²) >= 11 is 1.44. The first-order valence-corrected chi connectivity index (χ1v) is 8.74. The number of benzene rings is 1. The molecule has 0 spiro atoms. The Labute approximate surface area is 157 Å². The number of hydrogen-bond acceptors (Lipinski definition) is 5. The quantitative estimate of drug-likeness (QED) is 0.680. The maximum atomic E-state index is 13.2. The molecule has 3 aromatic rings. The second kappa shape index (κ2) is 8.45. The predicted molar refractivity (Wildman–Crippen MR) is 95.0 cm³/mol. The average Bonchev–Trinajstić information content (AvgIpc) is 3.17. The largest absolute Gasteiger partial charge is 0.348 e. The first-order valence-electron chi connectivity index (χ1n) is 7.86. The van der Waals surface area contributed by atoms with Crippen LogP contribution in [0.5, 0.6) is 0 Å². The number of pyridine rings is 1. The summed E-state index contributed by atoms with van der Waals surface area (Å²) in [5.74, 6) is -2.58. The molecular weight excluding hydrogens is 374 g/mol. The van der Waals surface area contributed by atoms with Gasteiger partial charge in [0, 0.05) is 35.4 Å². The van der Waals surface area contributed by atoms with Crippen LogP contribution in [0.3, 0.4) is 0 Å². The summed E-state index contributed by atoms with van der Waals surface area (Å²) in [7, 11) is 0. The Morgan fingerprint density at radius 1 is 0.963 bits per heavy atom. The molecule has 0 aliphatic heterocycles. The van der Waals surface area contributed by atoms with Gasteiger partial charge in [-0.1, -0.05) is 6.07 Å². The highest BCUT2D eigenvalue weighted by Gasteiger charge is 2.10. The molecule has 0 unspecified atom stereocenters. The molecule has 0 fully saturated rings. The van der Waals surface area contributed by atoms with Crippen molar-refractivity contribution in [1.82, 2.24) is 20.6 Å². The standard InChI is InChI=1S/C18H14F2N4O2S/c19-13-3-12(4-14(20)5-13)17(25)23-7-11-1-2-16(22-6-11)18(26)24-9-15-8-21-10-27-15/h1-6,8,10H,7,9H2,(H,23,25)(H,24,26). The molecule has 0 saturated carbocycles. The van der Waals surface area contributed by atoms with Gasteiger partial charge >= 0.3 is 0 Å². The fraction of sp³-hybridized carbons (Fsp3) is 0.111. The van der Waals surface area contributed by atoms with Gasteiger partial charge in [-0.05, 0) is 23.8 Å². The van der Waals surface area contributed by atoms with E-state index in [1.54, 1.807) is 17.8 Å². The van der Waals surface area contributed by atoms with E-state index in [2.05, 4.69) is 20.6 Å². The Morgan fingerprint density at radius 2 is 1.70 bits per heavy atom.